The Hall–Kier alpha value is -2.55. The van der Waals surface area contributed by atoms with Crippen LogP contribution in [0.1, 0.15) is 40.5 Å². The molecule has 0 aliphatic heterocycles. The predicted molar refractivity (Wildman–Crippen MR) is 100 cm³/mol. The Morgan fingerprint density at radius 3 is 2.76 bits per heavy atom. The number of carbonyl (C=O) groups excluding carboxylic acids is 1. The summed E-state index contributed by atoms with van der Waals surface area (Å²) in [7, 11) is 1.44. The third kappa shape index (κ3) is 2.84. The summed E-state index contributed by atoms with van der Waals surface area (Å²) in [5.41, 5.74) is 6.00. The molecule has 3 heteroatoms. The molecule has 0 bridgehead atoms. The average molecular weight is 333 g/mol. The normalized spacial score (nSPS) is 16.6. The summed E-state index contributed by atoms with van der Waals surface area (Å²) in [5.74, 6) is 0.417. The second-order valence-electron chi connectivity index (χ2n) is 7.07. The minimum atomic E-state index is -0.268. The van der Waals surface area contributed by atoms with Gasteiger partial charge in [-0.1, -0.05) is 37.3 Å². The van der Waals surface area contributed by atoms with Gasteiger partial charge in [0.25, 0.3) is 0 Å². The van der Waals surface area contributed by atoms with Crippen molar-refractivity contribution in [1.29, 1.82) is 0 Å². The van der Waals surface area contributed by atoms with E-state index in [9.17, 15) is 4.79 Å². The molecular weight excluding hydrogens is 310 g/mol. The zero-order chi connectivity index (χ0) is 17.4. The van der Waals surface area contributed by atoms with Crippen LogP contribution in [0.15, 0.2) is 48.5 Å². The van der Waals surface area contributed by atoms with Gasteiger partial charge < -0.3 is 9.30 Å². The van der Waals surface area contributed by atoms with E-state index >= 15 is 0 Å². The fraction of sp³-hybridized carbons (Fsp3) is 0.318. The maximum Gasteiger partial charge on any atom is 0.337 e. The van der Waals surface area contributed by atoms with Crippen molar-refractivity contribution in [2.75, 3.05) is 7.11 Å². The van der Waals surface area contributed by atoms with E-state index in [-0.39, 0.29) is 5.97 Å². The Balaban J connectivity index is 1.88. The molecule has 0 N–H and O–H groups in total. The van der Waals surface area contributed by atoms with Crippen molar-refractivity contribution in [2.24, 2.45) is 5.92 Å². The van der Waals surface area contributed by atoms with Gasteiger partial charge in [-0.15, -0.1) is 0 Å². The number of hydrogen-bond donors (Lipinski definition) is 0. The zero-order valence-corrected chi connectivity index (χ0v) is 14.8. The molecule has 25 heavy (non-hydrogen) atoms. The van der Waals surface area contributed by atoms with Crippen LogP contribution < -0.4 is 0 Å². The summed E-state index contributed by atoms with van der Waals surface area (Å²) in [4.78, 5) is 12.0. The number of aromatic nitrogens is 1. The van der Waals surface area contributed by atoms with Crippen LogP contribution in [0, 0.1) is 5.92 Å². The fourth-order valence-electron chi connectivity index (χ4n) is 4.02. The summed E-state index contributed by atoms with van der Waals surface area (Å²) >= 11 is 0. The maximum atomic E-state index is 12.0. The number of nitrogens with zero attached hydrogens (tertiary/aromatic N) is 1. The number of hydrogen-bond acceptors (Lipinski definition) is 2. The third-order valence-corrected chi connectivity index (χ3v) is 5.32. The van der Waals surface area contributed by atoms with Crippen LogP contribution in [0.5, 0.6) is 0 Å². The highest BCUT2D eigenvalue weighted by molar-refractivity contribution is 5.96. The molecule has 0 saturated heterocycles. The van der Waals surface area contributed by atoms with Gasteiger partial charge in [-0.3, -0.25) is 0 Å². The Morgan fingerprint density at radius 2 is 2.00 bits per heavy atom. The first kappa shape index (κ1) is 15.9. The molecule has 1 atom stereocenters. The molecule has 128 valence electrons. The maximum absolute atomic E-state index is 12.0. The summed E-state index contributed by atoms with van der Waals surface area (Å²) < 4.78 is 7.34. The van der Waals surface area contributed by atoms with Crippen LogP contribution in [0.4, 0.5) is 0 Å². The molecule has 1 aromatic heterocycles. The molecular formula is C22H23NO2. The monoisotopic (exact) mass is 333 g/mol. The van der Waals surface area contributed by atoms with Gasteiger partial charge >= 0.3 is 5.97 Å². The van der Waals surface area contributed by atoms with E-state index in [1.807, 2.05) is 12.1 Å². The van der Waals surface area contributed by atoms with Gasteiger partial charge in [-0.05, 0) is 54.5 Å². The fourth-order valence-corrected chi connectivity index (χ4v) is 4.02. The van der Waals surface area contributed by atoms with Gasteiger partial charge in [0.05, 0.1) is 12.7 Å². The Kier molecular flexibility index (Phi) is 4.08. The highest BCUT2D eigenvalue weighted by Crippen LogP contribution is 2.35. The molecule has 3 aromatic rings. The number of methoxy groups -OCH3 is 1. The first-order chi connectivity index (χ1) is 12.2. The van der Waals surface area contributed by atoms with Crippen molar-refractivity contribution in [3.63, 3.8) is 0 Å². The molecule has 0 fully saturated rings. The molecule has 3 nitrogen and oxygen atoms in total. The SMILES string of the molecule is COC(=O)c1ccc2c(c1)c1c(n2Cc2ccccc2)CCC(C)C1. The van der Waals surface area contributed by atoms with Crippen molar-refractivity contribution in [3.05, 3.63) is 70.9 Å². The summed E-state index contributed by atoms with van der Waals surface area (Å²) in [5, 5.41) is 1.21. The van der Waals surface area contributed by atoms with Crippen molar-refractivity contribution < 1.29 is 9.53 Å². The van der Waals surface area contributed by atoms with Crippen LogP contribution in [-0.2, 0) is 24.1 Å². The first-order valence-electron chi connectivity index (χ1n) is 8.93. The van der Waals surface area contributed by atoms with Crippen LogP contribution in [-0.4, -0.2) is 17.6 Å². The number of esters is 1. The van der Waals surface area contributed by atoms with E-state index in [1.165, 1.54) is 41.3 Å². The molecule has 0 radical (unpaired) electrons. The van der Waals surface area contributed by atoms with E-state index in [2.05, 4.69) is 47.9 Å². The van der Waals surface area contributed by atoms with Crippen molar-refractivity contribution in [2.45, 2.75) is 32.7 Å². The van der Waals surface area contributed by atoms with Crippen LogP contribution in [0.25, 0.3) is 10.9 Å². The molecule has 1 unspecified atom stereocenters. The quantitative estimate of drug-likeness (QED) is 0.656. The smallest absolute Gasteiger partial charge is 0.337 e. The topological polar surface area (TPSA) is 31.2 Å². The van der Waals surface area contributed by atoms with Crippen molar-refractivity contribution >= 4 is 16.9 Å². The van der Waals surface area contributed by atoms with Crippen molar-refractivity contribution in [1.82, 2.24) is 4.57 Å². The van der Waals surface area contributed by atoms with E-state index in [0.717, 1.165) is 19.4 Å². The van der Waals surface area contributed by atoms with Gasteiger partial charge in [0, 0.05) is 23.1 Å². The largest absolute Gasteiger partial charge is 0.465 e. The number of benzene rings is 2. The van der Waals surface area contributed by atoms with Gasteiger partial charge in [0.15, 0.2) is 0 Å². The predicted octanol–water partition coefficient (Wildman–Crippen LogP) is 4.60. The minimum absolute atomic E-state index is 0.268. The highest BCUT2D eigenvalue weighted by Gasteiger charge is 2.24. The molecule has 1 heterocycles. The second kappa shape index (κ2) is 6.40. The zero-order valence-electron chi connectivity index (χ0n) is 14.8. The Bertz CT molecular complexity index is 924. The molecule has 1 aliphatic rings. The van der Waals surface area contributed by atoms with Gasteiger partial charge in [0.1, 0.15) is 0 Å². The van der Waals surface area contributed by atoms with E-state index in [0.29, 0.717) is 11.5 Å². The van der Waals surface area contributed by atoms with Gasteiger partial charge in [-0.25, -0.2) is 4.79 Å². The first-order valence-corrected chi connectivity index (χ1v) is 8.93. The second-order valence-corrected chi connectivity index (χ2v) is 7.07. The summed E-state index contributed by atoms with van der Waals surface area (Å²) in [6, 6.07) is 16.5. The molecule has 2 aromatic carbocycles. The van der Waals surface area contributed by atoms with E-state index in [4.69, 9.17) is 4.74 Å². The Labute approximate surface area is 148 Å². The minimum Gasteiger partial charge on any atom is -0.465 e. The van der Waals surface area contributed by atoms with E-state index in [1.54, 1.807) is 0 Å². The summed E-state index contributed by atoms with van der Waals surface area (Å²) in [6.45, 7) is 3.19. The number of carbonyl (C=O) groups is 1. The lowest BCUT2D eigenvalue weighted by molar-refractivity contribution is 0.0601. The summed E-state index contributed by atoms with van der Waals surface area (Å²) in [6.07, 6.45) is 3.41. The van der Waals surface area contributed by atoms with Crippen LogP contribution >= 0.6 is 0 Å². The molecule has 4 rings (SSSR count). The average Bonchev–Trinajstić information content (AvgIpc) is 2.94. The number of rotatable bonds is 3. The number of ether oxygens (including phenoxy) is 1. The molecule has 0 spiro atoms. The highest BCUT2D eigenvalue weighted by atomic mass is 16.5. The van der Waals surface area contributed by atoms with Crippen molar-refractivity contribution in [3.8, 4) is 0 Å². The molecule has 0 saturated carbocycles. The lowest BCUT2D eigenvalue weighted by Crippen LogP contribution is -2.14. The Morgan fingerprint density at radius 1 is 1.20 bits per heavy atom. The number of fused-ring (bicyclic) bond motifs is 3. The molecule has 0 amide bonds. The molecule has 1 aliphatic carbocycles. The van der Waals surface area contributed by atoms with Gasteiger partial charge in [0.2, 0.25) is 0 Å². The van der Waals surface area contributed by atoms with Crippen LogP contribution in [0.2, 0.25) is 0 Å². The van der Waals surface area contributed by atoms with Gasteiger partial charge in [-0.2, -0.15) is 0 Å². The lowest BCUT2D eigenvalue weighted by atomic mass is 9.87. The van der Waals surface area contributed by atoms with E-state index < -0.39 is 0 Å². The standard InChI is InChI=1S/C22H23NO2/c1-15-8-10-20-18(12-15)19-13-17(22(24)25-2)9-11-21(19)23(20)14-16-6-4-3-5-7-16/h3-7,9,11,13,15H,8,10,12,14H2,1-2H3. The lowest BCUT2D eigenvalue weighted by Gasteiger charge is -2.21. The third-order valence-electron chi connectivity index (χ3n) is 5.32. The van der Waals surface area contributed by atoms with Crippen LogP contribution in [0.3, 0.4) is 0 Å².